The van der Waals surface area contributed by atoms with Gasteiger partial charge in [0.25, 0.3) is 0 Å². The van der Waals surface area contributed by atoms with Gasteiger partial charge >= 0.3 is 0 Å². The van der Waals surface area contributed by atoms with Crippen LogP contribution < -0.4 is 5.32 Å². The Hall–Kier alpha value is -2.61. The van der Waals surface area contributed by atoms with Gasteiger partial charge in [0.2, 0.25) is 0 Å². The van der Waals surface area contributed by atoms with Crippen LogP contribution in [0.2, 0.25) is 0 Å². The van der Waals surface area contributed by atoms with Gasteiger partial charge in [-0.05, 0) is 42.0 Å². The van der Waals surface area contributed by atoms with Crippen LogP contribution in [-0.2, 0) is 6.54 Å². The molecule has 27 heavy (non-hydrogen) atoms. The number of piperazine rings is 1. The maximum atomic E-state index is 13.3. The number of nitrogens with zero attached hydrogens (tertiary/aromatic N) is 3. The van der Waals surface area contributed by atoms with Gasteiger partial charge < -0.3 is 10.4 Å². The molecule has 3 N–H and O–H groups in total. The van der Waals surface area contributed by atoms with Crippen LogP contribution >= 0.6 is 0 Å². The molecule has 3 aromatic rings. The molecule has 0 bridgehead atoms. The number of aromatic amines is 1. The van der Waals surface area contributed by atoms with E-state index >= 15 is 0 Å². The number of nitrogens with one attached hydrogen (secondary N) is 2. The minimum absolute atomic E-state index is 0.0709. The monoisotopic (exact) mass is 367 g/mol. The summed E-state index contributed by atoms with van der Waals surface area (Å²) in [5.74, 6) is -0.272. The lowest BCUT2D eigenvalue weighted by atomic mass is 9.99. The third kappa shape index (κ3) is 3.75. The number of rotatable bonds is 5. The molecule has 1 unspecified atom stereocenters. The summed E-state index contributed by atoms with van der Waals surface area (Å²) in [6.07, 6.45) is 3.50. The predicted molar refractivity (Wildman–Crippen MR) is 101 cm³/mol. The van der Waals surface area contributed by atoms with Crippen LogP contribution in [-0.4, -0.2) is 57.5 Å². The highest BCUT2D eigenvalue weighted by molar-refractivity contribution is 5.82. The second kappa shape index (κ2) is 7.96. The molecule has 1 atom stereocenters. The van der Waals surface area contributed by atoms with Crippen LogP contribution in [0.4, 0.5) is 4.39 Å². The van der Waals surface area contributed by atoms with Crippen molar-refractivity contribution in [3.8, 4) is 22.4 Å². The van der Waals surface area contributed by atoms with Crippen molar-refractivity contribution in [3.05, 3.63) is 60.3 Å². The third-order valence-electron chi connectivity index (χ3n) is 4.97. The number of hydrogen-bond donors (Lipinski definition) is 3. The van der Waals surface area contributed by atoms with E-state index in [4.69, 9.17) is 0 Å². The van der Waals surface area contributed by atoms with Crippen molar-refractivity contribution in [1.82, 2.24) is 25.4 Å². The summed E-state index contributed by atoms with van der Waals surface area (Å²) in [4.78, 5) is 6.36. The van der Waals surface area contributed by atoms with Crippen LogP contribution in [0.1, 0.15) is 5.69 Å². The van der Waals surface area contributed by atoms with Crippen molar-refractivity contribution in [2.75, 3.05) is 26.2 Å². The fourth-order valence-corrected chi connectivity index (χ4v) is 3.53. The predicted octanol–water partition coefficient (Wildman–Crippen LogP) is 2.04. The molecule has 3 heterocycles. The lowest BCUT2D eigenvalue weighted by molar-refractivity contribution is 0.0936. The van der Waals surface area contributed by atoms with Crippen LogP contribution in [0, 0.1) is 5.82 Å². The molecule has 140 valence electrons. The first-order valence-electron chi connectivity index (χ1n) is 9.05. The molecule has 2 aromatic heterocycles. The van der Waals surface area contributed by atoms with E-state index in [1.165, 1.54) is 12.1 Å². The van der Waals surface area contributed by atoms with Crippen molar-refractivity contribution >= 4 is 0 Å². The average Bonchev–Trinajstić information content (AvgIpc) is 3.13. The van der Waals surface area contributed by atoms with Crippen LogP contribution in [0.3, 0.4) is 0 Å². The minimum atomic E-state index is -0.272. The largest absolute Gasteiger partial charge is 0.395 e. The first kappa shape index (κ1) is 17.8. The maximum absolute atomic E-state index is 13.3. The Morgan fingerprint density at radius 1 is 1.11 bits per heavy atom. The minimum Gasteiger partial charge on any atom is -0.395 e. The molecule has 0 saturated carbocycles. The number of benzene rings is 1. The van der Waals surface area contributed by atoms with Gasteiger partial charge in [-0.1, -0.05) is 0 Å². The van der Waals surface area contributed by atoms with E-state index in [9.17, 15) is 9.50 Å². The van der Waals surface area contributed by atoms with Gasteiger partial charge in [0.15, 0.2) is 0 Å². The number of H-pyrrole nitrogens is 1. The molecule has 1 aliphatic heterocycles. The number of aliphatic hydroxyl groups is 1. The molecular formula is C20H22FN5O. The lowest BCUT2D eigenvalue weighted by Gasteiger charge is -2.34. The van der Waals surface area contributed by atoms with Crippen LogP contribution in [0.5, 0.6) is 0 Å². The first-order chi connectivity index (χ1) is 13.3. The van der Waals surface area contributed by atoms with Gasteiger partial charge in [-0.2, -0.15) is 5.10 Å². The van der Waals surface area contributed by atoms with E-state index in [1.54, 1.807) is 24.5 Å². The van der Waals surface area contributed by atoms with E-state index in [0.717, 1.165) is 47.7 Å². The maximum Gasteiger partial charge on any atom is 0.123 e. The number of aliphatic hydroxyl groups excluding tert-OH is 1. The lowest BCUT2D eigenvalue weighted by Crippen LogP contribution is -2.52. The van der Waals surface area contributed by atoms with Gasteiger partial charge in [-0.3, -0.25) is 15.0 Å². The molecule has 0 amide bonds. The van der Waals surface area contributed by atoms with E-state index in [1.807, 2.05) is 12.1 Å². The SMILES string of the molecule is OCC1CNCCN1Cc1[nH]nc(-c2ccc(F)cc2)c1-c1ccncc1. The highest BCUT2D eigenvalue weighted by atomic mass is 19.1. The van der Waals surface area contributed by atoms with Gasteiger partial charge in [-0.15, -0.1) is 0 Å². The van der Waals surface area contributed by atoms with E-state index in [2.05, 4.69) is 25.4 Å². The van der Waals surface area contributed by atoms with Crippen LogP contribution in [0.15, 0.2) is 48.8 Å². The van der Waals surface area contributed by atoms with Crippen molar-refractivity contribution < 1.29 is 9.50 Å². The molecular weight excluding hydrogens is 345 g/mol. The summed E-state index contributed by atoms with van der Waals surface area (Å²) >= 11 is 0. The Morgan fingerprint density at radius 2 is 1.89 bits per heavy atom. The Morgan fingerprint density at radius 3 is 2.63 bits per heavy atom. The summed E-state index contributed by atoms with van der Waals surface area (Å²) in [6.45, 7) is 3.27. The highest BCUT2D eigenvalue weighted by Gasteiger charge is 2.25. The molecule has 0 radical (unpaired) electrons. The molecule has 6 nitrogen and oxygen atoms in total. The van der Waals surface area contributed by atoms with Gasteiger partial charge in [0, 0.05) is 55.7 Å². The summed E-state index contributed by atoms with van der Waals surface area (Å²) in [7, 11) is 0. The summed E-state index contributed by atoms with van der Waals surface area (Å²) < 4.78 is 13.3. The van der Waals surface area contributed by atoms with Gasteiger partial charge in [0.05, 0.1) is 12.3 Å². The quantitative estimate of drug-likeness (QED) is 0.643. The number of pyridine rings is 1. The van der Waals surface area contributed by atoms with E-state index < -0.39 is 0 Å². The molecule has 0 spiro atoms. The molecule has 1 saturated heterocycles. The molecule has 7 heteroatoms. The Labute approximate surface area is 157 Å². The second-order valence-electron chi connectivity index (χ2n) is 6.68. The Balaban J connectivity index is 1.74. The molecule has 1 aromatic carbocycles. The number of hydrogen-bond acceptors (Lipinski definition) is 5. The fraction of sp³-hybridized carbons (Fsp3) is 0.300. The van der Waals surface area contributed by atoms with E-state index in [0.29, 0.717) is 6.54 Å². The normalized spacial score (nSPS) is 17.9. The van der Waals surface area contributed by atoms with Crippen molar-refractivity contribution in [2.45, 2.75) is 12.6 Å². The number of aromatic nitrogens is 3. The zero-order valence-corrected chi connectivity index (χ0v) is 14.9. The third-order valence-corrected chi connectivity index (χ3v) is 4.97. The smallest absolute Gasteiger partial charge is 0.123 e. The zero-order valence-electron chi connectivity index (χ0n) is 14.9. The van der Waals surface area contributed by atoms with Crippen LogP contribution in [0.25, 0.3) is 22.4 Å². The number of halogens is 1. The standard InChI is InChI=1S/C20H22FN5O/c21-16-3-1-15(2-4-16)20-19(14-5-7-22-8-6-14)18(24-25-20)12-26-10-9-23-11-17(26)13-27/h1-8,17,23,27H,9-13H2,(H,24,25). The Kier molecular flexibility index (Phi) is 5.24. The molecule has 0 aliphatic carbocycles. The second-order valence-corrected chi connectivity index (χ2v) is 6.68. The topological polar surface area (TPSA) is 77.1 Å². The zero-order chi connectivity index (χ0) is 18.6. The van der Waals surface area contributed by atoms with Crippen molar-refractivity contribution in [1.29, 1.82) is 0 Å². The van der Waals surface area contributed by atoms with Crippen molar-refractivity contribution in [2.24, 2.45) is 0 Å². The van der Waals surface area contributed by atoms with Crippen molar-refractivity contribution in [3.63, 3.8) is 0 Å². The summed E-state index contributed by atoms with van der Waals surface area (Å²) in [6, 6.07) is 10.3. The molecule has 1 aliphatic rings. The highest BCUT2D eigenvalue weighted by Crippen LogP contribution is 2.34. The summed E-state index contributed by atoms with van der Waals surface area (Å²) in [5, 5.41) is 20.7. The average molecular weight is 367 g/mol. The fourth-order valence-electron chi connectivity index (χ4n) is 3.53. The van der Waals surface area contributed by atoms with Gasteiger partial charge in [-0.25, -0.2) is 4.39 Å². The summed E-state index contributed by atoms with van der Waals surface area (Å²) in [5.41, 5.74) is 4.60. The van der Waals surface area contributed by atoms with E-state index in [-0.39, 0.29) is 18.5 Å². The molecule has 1 fully saturated rings. The first-order valence-corrected chi connectivity index (χ1v) is 9.05. The Bertz CT molecular complexity index is 881. The van der Waals surface area contributed by atoms with Gasteiger partial charge in [0.1, 0.15) is 11.5 Å². The molecule has 4 rings (SSSR count).